The number of anilines is 1. The van der Waals surface area contributed by atoms with E-state index in [9.17, 15) is 10.1 Å². The molecule has 3 rings (SSSR count). The topological polar surface area (TPSA) is 77.1 Å². The van der Waals surface area contributed by atoms with Crippen LogP contribution in [0.15, 0.2) is 46.9 Å². The molecule has 1 aliphatic rings. The van der Waals surface area contributed by atoms with Gasteiger partial charge in [-0.3, -0.25) is 10.1 Å². The second-order valence-corrected chi connectivity index (χ2v) is 5.72. The molecule has 1 atom stereocenters. The van der Waals surface area contributed by atoms with Crippen molar-refractivity contribution in [3.63, 3.8) is 0 Å². The summed E-state index contributed by atoms with van der Waals surface area (Å²) in [4.78, 5) is 17.5. The lowest BCUT2D eigenvalue weighted by molar-refractivity contribution is -0.433. The lowest BCUT2D eigenvalue weighted by Gasteiger charge is -2.29. The predicted molar refractivity (Wildman–Crippen MR) is 84.5 cm³/mol. The van der Waals surface area contributed by atoms with Crippen molar-refractivity contribution in [3.8, 4) is 0 Å². The van der Waals surface area contributed by atoms with Gasteiger partial charge in [-0.1, -0.05) is 42.1 Å². The van der Waals surface area contributed by atoms with Crippen molar-refractivity contribution in [2.24, 2.45) is 0 Å². The van der Waals surface area contributed by atoms with Crippen LogP contribution in [0.5, 0.6) is 0 Å². The van der Waals surface area contributed by atoms with Gasteiger partial charge < -0.3 is 4.90 Å². The summed E-state index contributed by atoms with van der Waals surface area (Å²) in [6.45, 7) is 1.74. The van der Waals surface area contributed by atoms with Gasteiger partial charge in [0.2, 0.25) is 11.1 Å². The van der Waals surface area contributed by atoms with Crippen LogP contribution in [0.1, 0.15) is 18.5 Å². The van der Waals surface area contributed by atoms with Crippen LogP contribution < -0.4 is 4.90 Å². The van der Waals surface area contributed by atoms with E-state index in [2.05, 4.69) is 10.1 Å². The zero-order valence-corrected chi connectivity index (χ0v) is 13.2. The summed E-state index contributed by atoms with van der Waals surface area (Å²) in [5.41, 5.74) is 1.52. The minimum absolute atomic E-state index is 0.124. The van der Waals surface area contributed by atoms with E-state index in [0.717, 1.165) is 5.56 Å². The Morgan fingerprint density at radius 1 is 1.32 bits per heavy atom. The van der Waals surface area contributed by atoms with E-state index in [1.807, 2.05) is 36.6 Å². The number of fused-ring (bicyclic) bond motifs is 1. The molecule has 0 bridgehead atoms. The van der Waals surface area contributed by atoms with E-state index >= 15 is 0 Å². The quantitative estimate of drug-likeness (QED) is 0.492. The predicted octanol–water partition coefficient (Wildman–Crippen LogP) is 2.55. The Morgan fingerprint density at radius 3 is 2.59 bits per heavy atom. The van der Waals surface area contributed by atoms with Crippen LogP contribution in [0.25, 0.3) is 0 Å². The molecule has 0 saturated heterocycles. The molecule has 2 heterocycles. The van der Waals surface area contributed by atoms with Crippen LogP contribution >= 0.6 is 11.8 Å². The largest absolute Gasteiger partial charge is 0.312 e. The monoisotopic (exact) mass is 317 g/mol. The molecule has 2 aromatic rings. The van der Waals surface area contributed by atoms with E-state index in [-0.39, 0.29) is 10.6 Å². The van der Waals surface area contributed by atoms with Gasteiger partial charge >= 0.3 is 0 Å². The molecule has 0 amide bonds. The van der Waals surface area contributed by atoms with E-state index in [4.69, 9.17) is 0 Å². The fraction of sp³-hybridized carbons (Fsp3) is 0.286. The van der Waals surface area contributed by atoms with E-state index in [1.165, 1.54) is 11.8 Å². The fourth-order valence-electron chi connectivity index (χ4n) is 2.59. The molecular weight excluding hydrogens is 302 g/mol. The van der Waals surface area contributed by atoms with Crippen molar-refractivity contribution in [1.29, 1.82) is 0 Å². The van der Waals surface area contributed by atoms with Gasteiger partial charge in [0.1, 0.15) is 0 Å². The van der Waals surface area contributed by atoms with Crippen molar-refractivity contribution < 1.29 is 4.92 Å². The Balaban J connectivity index is 2.26. The molecule has 0 radical (unpaired) electrons. The van der Waals surface area contributed by atoms with Crippen LogP contribution in [-0.2, 0) is 0 Å². The number of nitrogens with zero attached hydrogens (tertiary/aromatic N) is 5. The van der Waals surface area contributed by atoms with Gasteiger partial charge in [0.25, 0.3) is 5.70 Å². The van der Waals surface area contributed by atoms with Gasteiger partial charge in [-0.25, -0.2) is 4.68 Å². The number of hydrogen-bond acceptors (Lipinski definition) is 6. The Hall–Kier alpha value is -2.35. The number of nitro groups is 1. The molecule has 8 heteroatoms. The molecule has 0 fully saturated rings. The van der Waals surface area contributed by atoms with Crippen LogP contribution in [0.4, 0.5) is 5.95 Å². The van der Waals surface area contributed by atoms with Gasteiger partial charge in [0.05, 0.1) is 10.6 Å². The molecule has 0 saturated carbocycles. The van der Waals surface area contributed by atoms with E-state index in [0.29, 0.717) is 16.8 Å². The second kappa shape index (κ2) is 5.45. The first-order valence-electron chi connectivity index (χ1n) is 6.69. The Morgan fingerprint density at radius 2 is 2.00 bits per heavy atom. The SMILES string of the molecule is CSc1nc2n(n1)C(c1ccccc1)C([N+](=O)[O-])=C(C)N2C. The molecular formula is C14H15N5O2S. The number of hydrogen-bond donors (Lipinski definition) is 0. The van der Waals surface area contributed by atoms with Crippen LogP contribution in [0.3, 0.4) is 0 Å². The Bertz CT molecular complexity index is 756. The second-order valence-electron chi connectivity index (χ2n) is 4.94. The average Bonchev–Trinajstić information content (AvgIpc) is 2.95. The third-order valence-corrected chi connectivity index (χ3v) is 4.30. The van der Waals surface area contributed by atoms with Crippen LogP contribution in [0.2, 0.25) is 0 Å². The Kier molecular flexibility index (Phi) is 3.61. The van der Waals surface area contributed by atoms with Crippen LogP contribution in [-0.4, -0.2) is 33.0 Å². The molecule has 1 aliphatic heterocycles. The summed E-state index contributed by atoms with van der Waals surface area (Å²) >= 11 is 1.41. The summed E-state index contributed by atoms with van der Waals surface area (Å²) in [5.74, 6) is 0.612. The lowest BCUT2D eigenvalue weighted by atomic mass is 10.0. The molecule has 1 aromatic carbocycles. The van der Waals surface area contributed by atoms with Crippen molar-refractivity contribution in [1.82, 2.24) is 14.8 Å². The number of thioether (sulfide) groups is 1. The van der Waals surface area contributed by atoms with Crippen LogP contribution in [0, 0.1) is 10.1 Å². The lowest BCUT2D eigenvalue weighted by Crippen LogP contribution is -2.33. The summed E-state index contributed by atoms with van der Waals surface area (Å²) in [6.07, 6.45) is 1.88. The van der Waals surface area contributed by atoms with Crippen molar-refractivity contribution in [3.05, 3.63) is 57.4 Å². The highest BCUT2D eigenvalue weighted by molar-refractivity contribution is 7.98. The first kappa shape index (κ1) is 14.6. The summed E-state index contributed by atoms with van der Waals surface area (Å²) in [7, 11) is 1.77. The summed E-state index contributed by atoms with van der Waals surface area (Å²) < 4.78 is 1.63. The van der Waals surface area contributed by atoms with Crippen molar-refractivity contribution >= 4 is 17.7 Å². The summed E-state index contributed by atoms with van der Waals surface area (Å²) in [6, 6.07) is 8.79. The average molecular weight is 317 g/mol. The maximum atomic E-state index is 11.6. The number of rotatable bonds is 3. The first-order valence-corrected chi connectivity index (χ1v) is 7.91. The zero-order chi connectivity index (χ0) is 15.9. The fourth-order valence-corrected chi connectivity index (χ4v) is 2.93. The van der Waals surface area contributed by atoms with Gasteiger partial charge in [0.15, 0.2) is 6.04 Å². The highest BCUT2D eigenvalue weighted by Gasteiger charge is 2.40. The van der Waals surface area contributed by atoms with Crippen molar-refractivity contribution in [2.45, 2.75) is 18.1 Å². The standard InChI is InChI=1S/C14H15N5O2S/c1-9-11(19(20)21)12(10-7-5-4-6-8-10)18-14(17(9)2)15-13(16-18)22-3/h4-8,12H,1-3H3. The highest BCUT2D eigenvalue weighted by Crippen LogP contribution is 2.38. The van der Waals surface area contributed by atoms with E-state index < -0.39 is 6.04 Å². The molecule has 0 N–H and O–H groups in total. The number of benzene rings is 1. The highest BCUT2D eigenvalue weighted by atomic mass is 32.2. The summed E-state index contributed by atoms with van der Waals surface area (Å²) in [5, 5.41) is 16.7. The maximum Gasteiger partial charge on any atom is 0.294 e. The van der Waals surface area contributed by atoms with Gasteiger partial charge in [-0.05, 0) is 18.7 Å². The van der Waals surface area contributed by atoms with Gasteiger partial charge in [0, 0.05) is 7.05 Å². The smallest absolute Gasteiger partial charge is 0.294 e. The third kappa shape index (κ3) is 2.16. The van der Waals surface area contributed by atoms with Crippen molar-refractivity contribution in [2.75, 3.05) is 18.2 Å². The molecule has 1 aromatic heterocycles. The molecule has 22 heavy (non-hydrogen) atoms. The molecule has 7 nitrogen and oxygen atoms in total. The van der Waals surface area contributed by atoms with E-state index in [1.54, 1.807) is 23.6 Å². The first-order chi connectivity index (χ1) is 10.5. The normalized spacial score (nSPS) is 17.6. The maximum absolute atomic E-state index is 11.6. The third-order valence-electron chi connectivity index (χ3n) is 3.77. The number of aromatic nitrogens is 3. The molecule has 0 aliphatic carbocycles. The Labute approximate surface area is 131 Å². The molecule has 1 unspecified atom stereocenters. The molecule has 114 valence electrons. The zero-order valence-electron chi connectivity index (χ0n) is 12.4. The van der Waals surface area contributed by atoms with Gasteiger partial charge in [-0.2, -0.15) is 4.98 Å². The molecule has 0 spiro atoms. The minimum atomic E-state index is -0.573. The minimum Gasteiger partial charge on any atom is -0.312 e. The van der Waals surface area contributed by atoms with Gasteiger partial charge in [-0.15, -0.1) is 5.10 Å². The number of allylic oxidation sites excluding steroid dienone is 2.